The molecule has 0 amide bonds. The Morgan fingerprint density at radius 1 is 1.19 bits per heavy atom. The number of methoxy groups -OCH3 is 1. The first kappa shape index (κ1) is 15.0. The van der Waals surface area contributed by atoms with Crippen molar-refractivity contribution in [2.45, 2.75) is 6.92 Å². The summed E-state index contributed by atoms with van der Waals surface area (Å²) in [6.45, 7) is 3.82. The Morgan fingerprint density at radius 2 is 2.00 bits per heavy atom. The number of anilines is 3. The second-order valence-corrected chi connectivity index (χ2v) is 4.17. The van der Waals surface area contributed by atoms with E-state index in [9.17, 15) is 0 Å². The van der Waals surface area contributed by atoms with Crippen molar-refractivity contribution in [2.24, 2.45) is 0 Å². The molecule has 0 fully saturated rings. The molecule has 2 N–H and O–H groups in total. The van der Waals surface area contributed by atoms with Gasteiger partial charge in [0.25, 0.3) is 0 Å². The van der Waals surface area contributed by atoms with Crippen LogP contribution in [0.1, 0.15) is 6.92 Å². The Balaban J connectivity index is 1.96. The smallest absolute Gasteiger partial charge is 0.244 e. The van der Waals surface area contributed by atoms with E-state index in [1.165, 1.54) is 0 Å². The lowest BCUT2D eigenvalue weighted by molar-refractivity contribution is 0.210. The molecule has 0 spiro atoms. The number of ether oxygens (including phenoxy) is 2. The van der Waals surface area contributed by atoms with Crippen LogP contribution in [0.5, 0.6) is 5.75 Å². The molecule has 0 atom stereocenters. The highest BCUT2D eigenvalue weighted by Crippen LogP contribution is 2.18. The van der Waals surface area contributed by atoms with Crippen molar-refractivity contribution in [1.82, 2.24) is 15.2 Å². The predicted molar refractivity (Wildman–Crippen MR) is 81.1 cm³/mol. The van der Waals surface area contributed by atoms with Crippen LogP contribution in [0.2, 0.25) is 0 Å². The van der Waals surface area contributed by atoms with Crippen LogP contribution in [0, 0.1) is 0 Å². The second kappa shape index (κ2) is 8.01. The van der Waals surface area contributed by atoms with Gasteiger partial charge in [-0.3, -0.25) is 0 Å². The third kappa shape index (κ3) is 4.88. The molecular weight excluding hydrogens is 270 g/mol. The highest BCUT2D eigenvalue weighted by molar-refractivity contribution is 5.57. The van der Waals surface area contributed by atoms with E-state index in [1.54, 1.807) is 13.3 Å². The van der Waals surface area contributed by atoms with Crippen molar-refractivity contribution in [3.05, 3.63) is 30.5 Å². The number of benzene rings is 1. The molecule has 1 heterocycles. The normalized spacial score (nSPS) is 10.2. The number of rotatable bonds is 8. The van der Waals surface area contributed by atoms with Gasteiger partial charge in [-0.15, -0.1) is 5.10 Å². The summed E-state index contributed by atoms with van der Waals surface area (Å²) in [5.41, 5.74) is 0.904. The number of hydrogen-bond donors (Lipinski definition) is 2. The summed E-state index contributed by atoms with van der Waals surface area (Å²) in [6.07, 6.45) is 1.57. The van der Waals surface area contributed by atoms with Crippen LogP contribution in [-0.4, -0.2) is 42.0 Å². The second-order valence-electron chi connectivity index (χ2n) is 4.17. The van der Waals surface area contributed by atoms with Crippen molar-refractivity contribution in [2.75, 3.05) is 37.5 Å². The van der Waals surface area contributed by atoms with Crippen molar-refractivity contribution in [3.8, 4) is 5.75 Å². The number of aromatic nitrogens is 3. The zero-order valence-corrected chi connectivity index (χ0v) is 12.2. The van der Waals surface area contributed by atoms with Gasteiger partial charge in [0.05, 0.1) is 19.4 Å². The molecule has 0 bridgehead atoms. The van der Waals surface area contributed by atoms with E-state index in [2.05, 4.69) is 25.8 Å². The molecule has 1 aromatic carbocycles. The first-order valence-corrected chi connectivity index (χ1v) is 6.74. The molecule has 1 aromatic heterocycles. The minimum Gasteiger partial charge on any atom is -0.494 e. The molecule has 2 rings (SSSR count). The molecule has 0 radical (unpaired) electrons. The van der Waals surface area contributed by atoms with Crippen LogP contribution in [-0.2, 0) is 4.74 Å². The van der Waals surface area contributed by atoms with Crippen molar-refractivity contribution < 1.29 is 9.47 Å². The predicted octanol–water partition coefficient (Wildman–Crippen LogP) is 2.07. The lowest BCUT2D eigenvalue weighted by atomic mass is 10.3. The molecule has 21 heavy (non-hydrogen) atoms. The van der Waals surface area contributed by atoms with Gasteiger partial charge >= 0.3 is 0 Å². The average Bonchev–Trinajstić information content (AvgIpc) is 2.50. The molecule has 0 unspecified atom stereocenters. The fourth-order valence-electron chi connectivity index (χ4n) is 1.65. The maximum Gasteiger partial charge on any atom is 0.244 e. The van der Waals surface area contributed by atoms with Crippen molar-refractivity contribution >= 4 is 17.5 Å². The third-order valence-corrected chi connectivity index (χ3v) is 2.59. The monoisotopic (exact) mass is 289 g/mol. The maximum atomic E-state index is 5.40. The topological polar surface area (TPSA) is 81.2 Å². The Bertz CT molecular complexity index is 547. The summed E-state index contributed by atoms with van der Waals surface area (Å²) >= 11 is 0. The highest BCUT2D eigenvalue weighted by Gasteiger charge is 2.01. The zero-order valence-electron chi connectivity index (χ0n) is 12.2. The van der Waals surface area contributed by atoms with Crippen LogP contribution >= 0.6 is 0 Å². The first-order chi connectivity index (χ1) is 10.3. The van der Waals surface area contributed by atoms with Gasteiger partial charge in [0, 0.05) is 19.3 Å². The van der Waals surface area contributed by atoms with Crippen LogP contribution in [0.4, 0.5) is 17.5 Å². The molecular formula is C14H19N5O2. The van der Waals surface area contributed by atoms with Gasteiger partial charge in [-0.25, -0.2) is 0 Å². The summed E-state index contributed by atoms with van der Waals surface area (Å²) in [6, 6.07) is 7.65. The largest absolute Gasteiger partial charge is 0.494 e. The zero-order chi connectivity index (χ0) is 14.9. The SMILES string of the molecule is CCOc1ccc(Nc2cnnc(NCCOC)n2)cc1. The molecule has 0 saturated carbocycles. The summed E-state index contributed by atoms with van der Waals surface area (Å²) in [5, 5.41) is 14.0. The Labute approximate surface area is 123 Å². The summed E-state index contributed by atoms with van der Waals surface area (Å²) in [4.78, 5) is 4.32. The Kier molecular flexibility index (Phi) is 5.71. The van der Waals surface area contributed by atoms with Gasteiger partial charge in [-0.2, -0.15) is 10.1 Å². The van der Waals surface area contributed by atoms with Gasteiger partial charge in [0.2, 0.25) is 5.95 Å². The number of nitrogens with one attached hydrogen (secondary N) is 2. The van der Waals surface area contributed by atoms with Crippen LogP contribution in [0.15, 0.2) is 30.5 Å². The molecule has 7 heteroatoms. The molecule has 7 nitrogen and oxygen atoms in total. The summed E-state index contributed by atoms with van der Waals surface area (Å²) < 4.78 is 10.4. The van der Waals surface area contributed by atoms with E-state index in [0.29, 0.717) is 31.5 Å². The van der Waals surface area contributed by atoms with E-state index < -0.39 is 0 Å². The van der Waals surface area contributed by atoms with Gasteiger partial charge in [0.1, 0.15) is 5.75 Å². The standard InChI is InChI=1S/C14H19N5O2/c1-3-21-12-6-4-11(5-7-12)17-13-10-16-19-14(18-13)15-8-9-20-2/h4-7,10H,3,8-9H2,1-2H3,(H2,15,17,18,19). The highest BCUT2D eigenvalue weighted by atomic mass is 16.5. The van der Waals surface area contributed by atoms with E-state index in [4.69, 9.17) is 9.47 Å². The molecule has 0 saturated heterocycles. The van der Waals surface area contributed by atoms with Crippen LogP contribution < -0.4 is 15.4 Å². The van der Waals surface area contributed by atoms with Gasteiger partial charge < -0.3 is 20.1 Å². The van der Waals surface area contributed by atoms with E-state index in [-0.39, 0.29) is 0 Å². The van der Waals surface area contributed by atoms with E-state index in [1.807, 2.05) is 31.2 Å². The third-order valence-electron chi connectivity index (χ3n) is 2.59. The van der Waals surface area contributed by atoms with Crippen LogP contribution in [0.3, 0.4) is 0 Å². The number of nitrogens with zero attached hydrogens (tertiary/aromatic N) is 3. The van der Waals surface area contributed by atoms with Gasteiger partial charge in [-0.1, -0.05) is 0 Å². The minimum absolute atomic E-state index is 0.461. The first-order valence-electron chi connectivity index (χ1n) is 6.74. The van der Waals surface area contributed by atoms with Crippen molar-refractivity contribution in [1.29, 1.82) is 0 Å². The summed E-state index contributed by atoms with van der Waals surface area (Å²) in [7, 11) is 1.64. The molecule has 2 aromatic rings. The molecule has 0 aliphatic rings. The lowest BCUT2D eigenvalue weighted by Gasteiger charge is -2.08. The van der Waals surface area contributed by atoms with Crippen LogP contribution in [0.25, 0.3) is 0 Å². The maximum absolute atomic E-state index is 5.40. The fraction of sp³-hybridized carbons (Fsp3) is 0.357. The molecule has 0 aliphatic carbocycles. The number of hydrogen-bond acceptors (Lipinski definition) is 7. The van der Waals surface area contributed by atoms with Gasteiger partial charge in [-0.05, 0) is 31.2 Å². The Morgan fingerprint density at radius 3 is 2.71 bits per heavy atom. The summed E-state index contributed by atoms with van der Waals surface area (Å²) in [5.74, 6) is 1.92. The van der Waals surface area contributed by atoms with E-state index >= 15 is 0 Å². The Hall–Kier alpha value is -2.41. The fourth-order valence-corrected chi connectivity index (χ4v) is 1.65. The van der Waals surface area contributed by atoms with E-state index in [0.717, 1.165) is 11.4 Å². The molecule has 112 valence electrons. The van der Waals surface area contributed by atoms with Gasteiger partial charge in [0.15, 0.2) is 5.82 Å². The average molecular weight is 289 g/mol. The quantitative estimate of drug-likeness (QED) is 0.720. The lowest BCUT2D eigenvalue weighted by Crippen LogP contribution is -2.11. The molecule has 0 aliphatic heterocycles. The minimum atomic E-state index is 0.461. The van der Waals surface area contributed by atoms with Crippen molar-refractivity contribution in [3.63, 3.8) is 0 Å².